The number of amides is 1. The number of carbonyl (C=O) groups is 1. The summed E-state index contributed by atoms with van der Waals surface area (Å²) in [5.74, 6) is -0.204. The number of allylic oxidation sites excluding steroid dienone is 17. The van der Waals surface area contributed by atoms with Crippen molar-refractivity contribution < 1.29 is 39.8 Å². The first-order chi connectivity index (χ1) is 32.3. The lowest BCUT2D eigenvalue weighted by Crippen LogP contribution is -2.60. The molecule has 0 bridgehead atoms. The van der Waals surface area contributed by atoms with E-state index in [1.807, 2.05) is 6.08 Å². The van der Waals surface area contributed by atoms with E-state index < -0.39 is 49.5 Å². The Morgan fingerprint density at radius 2 is 0.955 bits per heavy atom. The second-order valence-corrected chi connectivity index (χ2v) is 17.6. The Bertz CT molecular complexity index is 1390. The minimum Gasteiger partial charge on any atom is -0.394 e. The van der Waals surface area contributed by atoms with Gasteiger partial charge in [0.15, 0.2) is 6.29 Å². The highest BCUT2D eigenvalue weighted by atomic mass is 16.7. The van der Waals surface area contributed by atoms with Crippen LogP contribution in [0.25, 0.3) is 0 Å². The molecule has 9 nitrogen and oxygen atoms in total. The van der Waals surface area contributed by atoms with E-state index in [2.05, 4.69) is 116 Å². The molecular formula is C57H95NO8. The molecule has 0 spiro atoms. The molecule has 1 fully saturated rings. The summed E-state index contributed by atoms with van der Waals surface area (Å²) in [6.45, 7) is 3.61. The zero-order valence-corrected chi connectivity index (χ0v) is 41.4. The van der Waals surface area contributed by atoms with E-state index in [4.69, 9.17) is 9.47 Å². The zero-order valence-electron chi connectivity index (χ0n) is 41.4. The lowest BCUT2D eigenvalue weighted by molar-refractivity contribution is -0.302. The summed E-state index contributed by atoms with van der Waals surface area (Å²) < 4.78 is 11.2. The molecule has 0 aromatic heterocycles. The molecule has 1 aliphatic heterocycles. The van der Waals surface area contributed by atoms with Crippen LogP contribution in [0.15, 0.2) is 109 Å². The van der Waals surface area contributed by atoms with E-state index in [0.29, 0.717) is 6.42 Å². The van der Waals surface area contributed by atoms with Crippen LogP contribution in [-0.2, 0) is 14.3 Å². The number of ether oxygens (including phenoxy) is 2. The van der Waals surface area contributed by atoms with Gasteiger partial charge in [-0.05, 0) is 89.9 Å². The van der Waals surface area contributed by atoms with Gasteiger partial charge in [0.25, 0.3) is 0 Å². The summed E-state index contributed by atoms with van der Waals surface area (Å²) in [5.41, 5.74) is 0. The van der Waals surface area contributed by atoms with E-state index in [9.17, 15) is 30.3 Å². The molecule has 7 unspecified atom stereocenters. The van der Waals surface area contributed by atoms with Crippen LogP contribution in [-0.4, -0.2) is 87.5 Å². The van der Waals surface area contributed by atoms with Gasteiger partial charge >= 0.3 is 0 Å². The van der Waals surface area contributed by atoms with Crippen LogP contribution in [0.3, 0.4) is 0 Å². The molecule has 7 atom stereocenters. The van der Waals surface area contributed by atoms with Gasteiger partial charge in [-0.1, -0.05) is 200 Å². The highest BCUT2D eigenvalue weighted by Crippen LogP contribution is 2.22. The molecular weight excluding hydrogens is 827 g/mol. The second-order valence-electron chi connectivity index (χ2n) is 17.6. The van der Waals surface area contributed by atoms with Crippen molar-refractivity contribution in [3.63, 3.8) is 0 Å². The number of rotatable bonds is 42. The van der Waals surface area contributed by atoms with Gasteiger partial charge in [-0.3, -0.25) is 4.79 Å². The van der Waals surface area contributed by atoms with E-state index in [1.54, 1.807) is 6.08 Å². The minimum atomic E-state index is -1.58. The lowest BCUT2D eigenvalue weighted by atomic mass is 9.99. The van der Waals surface area contributed by atoms with Crippen LogP contribution in [0.1, 0.15) is 187 Å². The lowest BCUT2D eigenvalue weighted by Gasteiger charge is -2.40. The van der Waals surface area contributed by atoms with Crippen molar-refractivity contribution >= 4 is 5.91 Å². The average molecular weight is 922 g/mol. The largest absolute Gasteiger partial charge is 0.394 e. The maximum absolute atomic E-state index is 13.0. The molecule has 1 rings (SSSR count). The van der Waals surface area contributed by atoms with Crippen molar-refractivity contribution in [2.75, 3.05) is 13.2 Å². The topological polar surface area (TPSA) is 149 Å². The first-order valence-electron chi connectivity index (χ1n) is 26.1. The van der Waals surface area contributed by atoms with Crippen molar-refractivity contribution in [1.29, 1.82) is 0 Å². The monoisotopic (exact) mass is 922 g/mol. The maximum Gasteiger partial charge on any atom is 0.220 e. The summed E-state index contributed by atoms with van der Waals surface area (Å²) in [7, 11) is 0. The van der Waals surface area contributed by atoms with Gasteiger partial charge in [-0.25, -0.2) is 0 Å². The fourth-order valence-corrected chi connectivity index (χ4v) is 7.44. The average Bonchev–Trinajstić information content (AvgIpc) is 3.32. The highest BCUT2D eigenvalue weighted by Gasteiger charge is 2.44. The molecule has 9 heteroatoms. The van der Waals surface area contributed by atoms with Crippen LogP contribution in [0.4, 0.5) is 0 Å². The predicted molar refractivity (Wildman–Crippen MR) is 276 cm³/mol. The smallest absolute Gasteiger partial charge is 0.220 e. The van der Waals surface area contributed by atoms with Crippen LogP contribution < -0.4 is 5.32 Å². The quantitative estimate of drug-likeness (QED) is 0.0262. The highest BCUT2D eigenvalue weighted by molar-refractivity contribution is 5.76. The number of carbonyl (C=O) groups excluding carboxylic acids is 1. The van der Waals surface area contributed by atoms with E-state index >= 15 is 0 Å². The molecule has 1 aliphatic rings. The Hall–Kier alpha value is -3.15. The summed E-state index contributed by atoms with van der Waals surface area (Å²) in [6, 6.07) is -0.835. The molecule has 6 N–H and O–H groups in total. The minimum absolute atomic E-state index is 0.204. The molecule has 1 heterocycles. The normalized spacial score (nSPS) is 20.7. The Labute approximate surface area is 402 Å². The number of nitrogens with one attached hydrogen (secondary N) is 1. The Morgan fingerprint density at radius 1 is 0.530 bits per heavy atom. The summed E-state index contributed by atoms with van der Waals surface area (Å²) in [5, 5.41) is 54.3. The van der Waals surface area contributed by atoms with E-state index in [0.717, 1.165) is 96.3 Å². The molecule has 0 radical (unpaired) electrons. The SMILES string of the molecule is CC/C=C\C/C=C\C/C=C\C/C=C\C/C=C\C/C=C\C/C=C\CCCCCCCCCC(=O)NC(COC1OC(CO)C(O)C(O)C1O)C(O)/C=C/CC/C=C/CCCCCCCCCC. The van der Waals surface area contributed by atoms with Gasteiger partial charge < -0.3 is 40.3 Å². The Balaban J connectivity index is 2.28. The third-order valence-electron chi connectivity index (χ3n) is 11.6. The van der Waals surface area contributed by atoms with Crippen LogP contribution in [0.2, 0.25) is 0 Å². The molecule has 0 aromatic rings. The van der Waals surface area contributed by atoms with E-state index in [-0.39, 0.29) is 12.5 Å². The molecule has 376 valence electrons. The fraction of sp³-hybridized carbons (Fsp3) is 0.667. The number of unbranched alkanes of at least 4 members (excludes halogenated alkanes) is 16. The standard InChI is InChI=1S/C57H95NO8/c1-3-5-7-9-11-13-15-17-19-20-21-22-23-24-25-26-27-28-29-30-31-32-33-35-37-39-41-43-45-47-53(61)58-50(49-65-57-56(64)55(63)54(62)52(48-59)66-57)51(60)46-44-42-40-38-36-34-18-16-14-12-10-8-6-4-2/h5,7,11,13,17,19,21-22,24-25,27-28,30-31,36,38,44,46,50-52,54-57,59-60,62-64H,3-4,6,8-10,12,14-16,18,20,23,26,29,32-35,37,39-43,45,47-49H2,1-2H3,(H,58,61)/b7-5-,13-11-,19-17-,22-21-,25-24-,28-27-,31-30-,38-36+,46-44+. The number of hydrogen-bond acceptors (Lipinski definition) is 8. The molecule has 1 saturated heterocycles. The van der Waals surface area contributed by atoms with Crippen molar-refractivity contribution in [3.05, 3.63) is 109 Å². The first kappa shape index (κ1) is 60.9. The summed E-state index contributed by atoms with van der Waals surface area (Å²) >= 11 is 0. The third-order valence-corrected chi connectivity index (χ3v) is 11.6. The number of aliphatic hydroxyl groups is 5. The van der Waals surface area contributed by atoms with Crippen molar-refractivity contribution in [3.8, 4) is 0 Å². The Kier molecular flexibility index (Phi) is 42.1. The second kappa shape index (κ2) is 45.6. The number of hydrogen-bond donors (Lipinski definition) is 6. The summed E-state index contributed by atoms with van der Waals surface area (Å²) in [6.07, 6.45) is 59.9. The molecule has 0 saturated carbocycles. The van der Waals surface area contributed by atoms with Gasteiger partial charge in [-0.15, -0.1) is 0 Å². The van der Waals surface area contributed by atoms with Crippen molar-refractivity contribution in [1.82, 2.24) is 5.32 Å². The molecule has 0 aliphatic carbocycles. The maximum atomic E-state index is 13.0. The van der Waals surface area contributed by atoms with Gasteiger partial charge in [0, 0.05) is 6.42 Å². The summed E-state index contributed by atoms with van der Waals surface area (Å²) in [4.78, 5) is 13.0. The van der Waals surface area contributed by atoms with Crippen LogP contribution in [0.5, 0.6) is 0 Å². The first-order valence-corrected chi connectivity index (χ1v) is 26.1. The molecule has 66 heavy (non-hydrogen) atoms. The van der Waals surface area contributed by atoms with Crippen molar-refractivity contribution in [2.45, 2.75) is 230 Å². The number of aliphatic hydroxyl groups excluding tert-OH is 5. The van der Waals surface area contributed by atoms with E-state index in [1.165, 1.54) is 70.6 Å². The fourth-order valence-electron chi connectivity index (χ4n) is 7.44. The van der Waals surface area contributed by atoms with Gasteiger partial charge in [0.1, 0.15) is 24.4 Å². The van der Waals surface area contributed by atoms with Gasteiger partial charge in [0.2, 0.25) is 5.91 Å². The Morgan fingerprint density at radius 3 is 1.45 bits per heavy atom. The predicted octanol–water partition coefficient (Wildman–Crippen LogP) is 12.2. The van der Waals surface area contributed by atoms with Crippen LogP contribution in [0, 0.1) is 0 Å². The molecule has 0 aromatic carbocycles. The van der Waals surface area contributed by atoms with Gasteiger partial charge in [0.05, 0.1) is 25.4 Å². The third kappa shape index (κ3) is 35.1. The van der Waals surface area contributed by atoms with Crippen molar-refractivity contribution in [2.24, 2.45) is 0 Å². The van der Waals surface area contributed by atoms with Crippen LogP contribution >= 0.6 is 0 Å². The molecule has 1 amide bonds. The zero-order chi connectivity index (χ0) is 48.0. The van der Waals surface area contributed by atoms with Gasteiger partial charge in [-0.2, -0.15) is 0 Å².